The summed E-state index contributed by atoms with van der Waals surface area (Å²) in [5.74, 6) is 7.53. The van der Waals surface area contributed by atoms with Crippen molar-refractivity contribution in [2.45, 2.75) is 38.0 Å². The van der Waals surface area contributed by atoms with E-state index in [1.54, 1.807) is 13.1 Å². The average molecular weight is 348 g/mol. The molecule has 1 aromatic carbocycles. The van der Waals surface area contributed by atoms with Gasteiger partial charge in [0.25, 0.3) is 0 Å². The van der Waals surface area contributed by atoms with E-state index in [4.69, 9.17) is 10.3 Å². The molecule has 0 radical (unpaired) electrons. The van der Waals surface area contributed by atoms with Crippen molar-refractivity contribution >= 4 is 0 Å². The Labute approximate surface area is 151 Å². The van der Waals surface area contributed by atoms with Crippen molar-refractivity contribution < 1.29 is 9.63 Å². The van der Waals surface area contributed by atoms with Gasteiger partial charge in [-0.15, -0.1) is 0 Å². The maximum Gasteiger partial charge on any atom is 0.157 e. The molecule has 6 heteroatoms. The van der Waals surface area contributed by atoms with Crippen molar-refractivity contribution in [2.75, 3.05) is 0 Å². The normalized spacial score (nSPS) is 16.0. The van der Waals surface area contributed by atoms with Crippen LogP contribution in [-0.2, 0) is 6.54 Å². The molecule has 0 saturated heterocycles. The van der Waals surface area contributed by atoms with Gasteiger partial charge in [0.2, 0.25) is 0 Å². The molecule has 26 heavy (non-hydrogen) atoms. The van der Waals surface area contributed by atoms with Gasteiger partial charge in [-0.25, -0.2) is 4.98 Å². The van der Waals surface area contributed by atoms with E-state index < -0.39 is 6.10 Å². The van der Waals surface area contributed by atoms with Crippen LogP contribution < -0.4 is 5.73 Å². The third kappa shape index (κ3) is 3.54. The molecule has 0 bridgehead atoms. The molecule has 0 spiro atoms. The molecule has 0 unspecified atom stereocenters. The second kappa shape index (κ2) is 6.45. The van der Waals surface area contributed by atoms with Gasteiger partial charge in [-0.2, -0.15) is 0 Å². The number of rotatable bonds is 4. The van der Waals surface area contributed by atoms with Crippen LogP contribution in [0.3, 0.4) is 0 Å². The molecule has 1 saturated carbocycles. The van der Waals surface area contributed by atoms with Crippen LogP contribution in [-0.4, -0.2) is 25.4 Å². The van der Waals surface area contributed by atoms with E-state index in [2.05, 4.69) is 22.0 Å². The highest BCUT2D eigenvalue weighted by Gasteiger charge is 2.36. The number of aliphatic hydroxyl groups excluding tert-OH is 1. The van der Waals surface area contributed by atoms with E-state index in [0.717, 1.165) is 29.7 Å². The predicted molar refractivity (Wildman–Crippen MR) is 96.9 cm³/mol. The largest absolute Gasteiger partial charge is 0.385 e. The lowest BCUT2D eigenvalue weighted by atomic mass is 10.1. The summed E-state index contributed by atoms with van der Waals surface area (Å²) in [6.45, 7) is 2.15. The van der Waals surface area contributed by atoms with Gasteiger partial charge < -0.3 is 19.9 Å². The number of hydrogen-bond donors (Lipinski definition) is 2. The molecule has 1 aliphatic rings. The van der Waals surface area contributed by atoms with Gasteiger partial charge in [0.1, 0.15) is 17.6 Å². The molecule has 2 aromatic heterocycles. The number of hydrogen-bond acceptors (Lipinski definition) is 5. The standard InChI is InChI=1S/C20H20N4O2/c1-14(25)19-22-10-11-24(19)13-17-12-18(23-26-17)16-4-2-15(3-5-16)6-7-20(21)8-9-20/h2-5,10-12,14,25H,8-9,13,21H2,1H3/t14-/m0/s1. The lowest BCUT2D eigenvalue weighted by molar-refractivity contribution is 0.183. The fourth-order valence-corrected chi connectivity index (χ4v) is 2.69. The monoisotopic (exact) mass is 348 g/mol. The summed E-state index contributed by atoms with van der Waals surface area (Å²) in [5, 5.41) is 13.9. The van der Waals surface area contributed by atoms with Crippen molar-refractivity contribution in [3.8, 4) is 23.1 Å². The van der Waals surface area contributed by atoms with Crippen molar-refractivity contribution in [1.82, 2.24) is 14.7 Å². The first-order chi connectivity index (χ1) is 12.5. The first-order valence-corrected chi connectivity index (χ1v) is 8.60. The minimum absolute atomic E-state index is 0.266. The van der Waals surface area contributed by atoms with Crippen LogP contribution in [0.2, 0.25) is 0 Å². The zero-order valence-corrected chi connectivity index (χ0v) is 14.5. The lowest BCUT2D eigenvalue weighted by Gasteiger charge is -2.07. The van der Waals surface area contributed by atoms with E-state index in [9.17, 15) is 5.11 Å². The summed E-state index contributed by atoms with van der Waals surface area (Å²) in [7, 11) is 0. The molecule has 2 heterocycles. The second-order valence-corrected chi connectivity index (χ2v) is 6.75. The van der Waals surface area contributed by atoms with Gasteiger partial charge in [-0.3, -0.25) is 0 Å². The Morgan fingerprint density at radius 1 is 1.35 bits per heavy atom. The SMILES string of the molecule is C[C@H](O)c1nccn1Cc1cc(-c2ccc(C#CC3(N)CC3)cc2)no1. The number of nitrogens with zero attached hydrogens (tertiary/aromatic N) is 3. The van der Waals surface area contributed by atoms with Crippen LogP contribution in [0.4, 0.5) is 0 Å². The predicted octanol–water partition coefficient (Wildman–Crippen LogP) is 2.48. The van der Waals surface area contributed by atoms with Crippen LogP contribution in [0.15, 0.2) is 47.2 Å². The summed E-state index contributed by atoms with van der Waals surface area (Å²) in [6.07, 6.45) is 4.79. The smallest absolute Gasteiger partial charge is 0.157 e. The van der Waals surface area contributed by atoms with Crippen LogP contribution in [0.1, 0.15) is 43.0 Å². The van der Waals surface area contributed by atoms with Gasteiger partial charge in [-0.05, 0) is 31.9 Å². The minimum Gasteiger partial charge on any atom is -0.385 e. The third-order valence-corrected chi connectivity index (χ3v) is 4.43. The molecule has 1 aliphatic carbocycles. The van der Waals surface area contributed by atoms with Crippen molar-refractivity contribution in [1.29, 1.82) is 0 Å². The third-order valence-electron chi connectivity index (χ3n) is 4.43. The molecule has 0 amide bonds. The quantitative estimate of drug-likeness (QED) is 0.707. The van der Waals surface area contributed by atoms with E-state index in [1.165, 1.54) is 0 Å². The molecular weight excluding hydrogens is 328 g/mol. The Morgan fingerprint density at radius 2 is 2.12 bits per heavy atom. The van der Waals surface area contributed by atoms with Crippen molar-refractivity contribution in [3.63, 3.8) is 0 Å². The topological polar surface area (TPSA) is 90.1 Å². The van der Waals surface area contributed by atoms with Gasteiger partial charge in [0.15, 0.2) is 5.76 Å². The van der Waals surface area contributed by atoms with Gasteiger partial charge in [0.05, 0.1) is 12.1 Å². The average Bonchev–Trinajstić information content (AvgIpc) is 3.03. The van der Waals surface area contributed by atoms with Crippen LogP contribution in [0.5, 0.6) is 0 Å². The Kier molecular flexibility index (Phi) is 4.11. The van der Waals surface area contributed by atoms with Gasteiger partial charge >= 0.3 is 0 Å². The minimum atomic E-state index is -0.635. The molecule has 1 fully saturated rings. The Hall–Kier alpha value is -2.88. The second-order valence-electron chi connectivity index (χ2n) is 6.75. The Balaban J connectivity index is 1.48. The summed E-state index contributed by atoms with van der Waals surface area (Å²) < 4.78 is 7.27. The molecule has 3 aromatic rings. The summed E-state index contributed by atoms with van der Waals surface area (Å²) in [5.41, 5.74) is 8.38. The number of aliphatic hydroxyl groups is 1. The van der Waals surface area contributed by atoms with Gasteiger partial charge in [-0.1, -0.05) is 29.1 Å². The fraction of sp³-hybridized carbons (Fsp3) is 0.300. The maximum atomic E-state index is 9.73. The summed E-state index contributed by atoms with van der Waals surface area (Å²) in [4.78, 5) is 4.15. The maximum absolute atomic E-state index is 9.73. The highest BCUT2D eigenvalue weighted by atomic mass is 16.5. The van der Waals surface area contributed by atoms with Gasteiger partial charge in [0, 0.05) is 29.6 Å². The van der Waals surface area contributed by atoms with Crippen LogP contribution in [0, 0.1) is 11.8 Å². The summed E-state index contributed by atoms with van der Waals surface area (Å²) in [6, 6.07) is 9.76. The molecule has 132 valence electrons. The highest BCUT2D eigenvalue weighted by Crippen LogP contribution is 2.31. The highest BCUT2D eigenvalue weighted by molar-refractivity contribution is 5.60. The van der Waals surface area contributed by atoms with Crippen molar-refractivity contribution in [2.24, 2.45) is 5.73 Å². The number of benzene rings is 1. The summed E-state index contributed by atoms with van der Waals surface area (Å²) >= 11 is 0. The van der Waals surface area contributed by atoms with E-state index >= 15 is 0 Å². The molecule has 3 N–H and O–H groups in total. The molecule has 4 rings (SSSR count). The zero-order chi connectivity index (χ0) is 18.1. The Bertz CT molecular complexity index is 969. The number of nitrogens with two attached hydrogens (primary N) is 1. The first-order valence-electron chi connectivity index (χ1n) is 8.60. The first kappa shape index (κ1) is 16.6. The molecular formula is C20H20N4O2. The zero-order valence-electron chi connectivity index (χ0n) is 14.5. The van der Waals surface area contributed by atoms with Crippen LogP contribution in [0.25, 0.3) is 11.3 Å². The van der Waals surface area contributed by atoms with Crippen LogP contribution >= 0.6 is 0 Å². The molecule has 0 aliphatic heterocycles. The van der Waals surface area contributed by atoms with Crippen molar-refractivity contribution in [3.05, 3.63) is 59.9 Å². The number of aromatic nitrogens is 3. The molecule has 1 atom stereocenters. The Morgan fingerprint density at radius 3 is 2.81 bits per heavy atom. The van der Waals surface area contributed by atoms with E-state index in [1.807, 2.05) is 41.1 Å². The van der Waals surface area contributed by atoms with E-state index in [0.29, 0.717) is 18.1 Å². The molecule has 6 nitrogen and oxygen atoms in total. The number of imidazole rings is 1. The lowest BCUT2D eigenvalue weighted by Crippen LogP contribution is -2.18. The van der Waals surface area contributed by atoms with E-state index in [-0.39, 0.29) is 5.54 Å². The fourth-order valence-electron chi connectivity index (χ4n) is 2.69.